The van der Waals surface area contributed by atoms with Crippen molar-refractivity contribution < 1.29 is 18.0 Å². The lowest BCUT2D eigenvalue weighted by Crippen LogP contribution is -2.45. The van der Waals surface area contributed by atoms with Gasteiger partial charge in [0.15, 0.2) is 5.96 Å². The van der Waals surface area contributed by atoms with Crippen molar-refractivity contribution in [2.75, 3.05) is 33.7 Å². The molecule has 0 aliphatic carbocycles. The highest BCUT2D eigenvalue weighted by Gasteiger charge is 2.31. The zero-order valence-electron chi connectivity index (χ0n) is 14.9. The number of nitrogens with zero attached hydrogens (tertiary/aromatic N) is 4. The molecule has 0 saturated heterocycles. The maximum Gasteiger partial charge on any atom is 0.406 e. The zero-order chi connectivity index (χ0) is 19.0. The number of alkyl halides is 3. The van der Waals surface area contributed by atoms with E-state index in [2.05, 4.69) is 20.7 Å². The van der Waals surface area contributed by atoms with Crippen LogP contribution in [0.4, 0.5) is 13.2 Å². The van der Waals surface area contributed by atoms with Crippen LogP contribution in [0.5, 0.6) is 0 Å². The number of hydrogen-bond donors (Lipinski definition) is 2. The molecule has 0 bridgehead atoms. The molecule has 0 radical (unpaired) electrons. The van der Waals surface area contributed by atoms with Gasteiger partial charge in [-0.1, -0.05) is 0 Å². The summed E-state index contributed by atoms with van der Waals surface area (Å²) in [7, 11) is 2.64. The Morgan fingerprint density at radius 3 is 2.56 bits per heavy atom. The molecule has 0 fully saturated rings. The lowest BCUT2D eigenvalue weighted by Gasteiger charge is -2.20. The molecule has 25 heavy (non-hydrogen) atoms. The third kappa shape index (κ3) is 7.90. The molecule has 0 aromatic carbocycles. The van der Waals surface area contributed by atoms with Gasteiger partial charge >= 0.3 is 6.18 Å². The van der Waals surface area contributed by atoms with E-state index in [1.165, 1.54) is 7.05 Å². The smallest absolute Gasteiger partial charge is 0.356 e. The highest BCUT2D eigenvalue weighted by atomic mass is 19.4. The molecule has 0 atom stereocenters. The van der Waals surface area contributed by atoms with Crippen LogP contribution in [-0.4, -0.2) is 66.5 Å². The third-order valence-electron chi connectivity index (χ3n) is 3.42. The van der Waals surface area contributed by atoms with Gasteiger partial charge in [0.1, 0.15) is 6.54 Å². The first-order valence-corrected chi connectivity index (χ1v) is 7.88. The number of rotatable bonds is 7. The number of carbonyl (C=O) groups excluding carboxylic acids is 1. The summed E-state index contributed by atoms with van der Waals surface area (Å²) in [6.45, 7) is 3.70. The summed E-state index contributed by atoms with van der Waals surface area (Å²) in [5.74, 6) is -0.301. The Hall–Kier alpha value is -2.26. The molecule has 1 rings (SSSR count). The number of nitrogens with one attached hydrogen (secondary N) is 2. The quantitative estimate of drug-likeness (QED) is 0.432. The summed E-state index contributed by atoms with van der Waals surface area (Å²) in [5, 5.41) is 10.1. The maximum absolute atomic E-state index is 12.2. The average molecular weight is 362 g/mol. The highest BCUT2D eigenvalue weighted by Crippen LogP contribution is 2.15. The molecule has 7 nitrogen and oxygen atoms in total. The number of halogens is 3. The number of aliphatic imine (C=N–C) groups is 1. The summed E-state index contributed by atoms with van der Waals surface area (Å²) >= 11 is 0. The number of carbonyl (C=O) groups is 1. The molecule has 1 heterocycles. The minimum Gasteiger partial charge on any atom is -0.356 e. The number of amides is 1. The number of likely N-dealkylation sites (N-methyl/N-ethyl adjacent to an activating group) is 1. The molecule has 0 unspecified atom stereocenters. The SMILES string of the molecule is CN=C(NCCCn1nc(C)cc1C)NCC(=O)N(C)CC(F)(F)F. The van der Waals surface area contributed by atoms with E-state index >= 15 is 0 Å². The van der Waals surface area contributed by atoms with Crippen LogP contribution in [0.15, 0.2) is 11.1 Å². The van der Waals surface area contributed by atoms with Crippen LogP contribution < -0.4 is 10.6 Å². The Morgan fingerprint density at radius 2 is 2.04 bits per heavy atom. The molecule has 1 amide bonds. The molecule has 1 aromatic heterocycles. The van der Waals surface area contributed by atoms with Crippen molar-refractivity contribution in [2.45, 2.75) is 33.0 Å². The van der Waals surface area contributed by atoms with Gasteiger partial charge in [0, 0.05) is 32.9 Å². The van der Waals surface area contributed by atoms with Crippen molar-refractivity contribution in [3.05, 3.63) is 17.5 Å². The zero-order valence-corrected chi connectivity index (χ0v) is 14.9. The maximum atomic E-state index is 12.2. The summed E-state index contributed by atoms with van der Waals surface area (Å²) in [6.07, 6.45) is -3.63. The van der Waals surface area contributed by atoms with Crippen LogP contribution in [0.1, 0.15) is 17.8 Å². The molecule has 2 N–H and O–H groups in total. The van der Waals surface area contributed by atoms with Crippen molar-refractivity contribution in [1.82, 2.24) is 25.3 Å². The minimum atomic E-state index is -4.41. The van der Waals surface area contributed by atoms with Gasteiger partial charge in [-0.2, -0.15) is 18.3 Å². The summed E-state index contributed by atoms with van der Waals surface area (Å²) in [5.41, 5.74) is 2.04. The van der Waals surface area contributed by atoms with Gasteiger partial charge in [-0.05, 0) is 26.3 Å². The fourth-order valence-electron chi connectivity index (χ4n) is 2.21. The first-order chi connectivity index (χ1) is 11.6. The average Bonchev–Trinajstić information content (AvgIpc) is 2.82. The van der Waals surface area contributed by atoms with Crippen LogP contribution in [-0.2, 0) is 11.3 Å². The third-order valence-corrected chi connectivity index (χ3v) is 3.42. The minimum absolute atomic E-state index is 0.260. The normalized spacial score (nSPS) is 12.2. The van der Waals surface area contributed by atoms with Gasteiger partial charge in [0.05, 0.1) is 12.2 Å². The fraction of sp³-hybridized carbons (Fsp3) is 0.667. The number of aromatic nitrogens is 2. The standard InChI is InChI=1S/C15H25F3N6O/c1-11-8-12(2)24(22-11)7-5-6-20-14(19-3)21-9-13(25)23(4)10-15(16,17)18/h8H,5-7,9-10H2,1-4H3,(H2,19,20,21). The van der Waals surface area contributed by atoms with E-state index < -0.39 is 18.6 Å². The predicted octanol–water partition coefficient (Wildman–Crippen LogP) is 1.08. The summed E-state index contributed by atoms with van der Waals surface area (Å²) in [6, 6.07) is 2.00. The van der Waals surface area contributed by atoms with Gasteiger partial charge in [-0.3, -0.25) is 14.5 Å². The van der Waals surface area contributed by atoms with Crippen LogP contribution in [0.3, 0.4) is 0 Å². The monoisotopic (exact) mass is 362 g/mol. The molecule has 0 aliphatic rings. The van der Waals surface area contributed by atoms with E-state index in [0.29, 0.717) is 17.4 Å². The summed E-state index contributed by atoms with van der Waals surface area (Å²) < 4.78 is 38.7. The van der Waals surface area contributed by atoms with E-state index in [0.717, 1.165) is 31.4 Å². The molecule has 10 heteroatoms. The lowest BCUT2D eigenvalue weighted by molar-refractivity contribution is -0.157. The fourth-order valence-corrected chi connectivity index (χ4v) is 2.21. The highest BCUT2D eigenvalue weighted by molar-refractivity contribution is 5.86. The van der Waals surface area contributed by atoms with Gasteiger partial charge in [0.25, 0.3) is 0 Å². The molecule has 142 valence electrons. The van der Waals surface area contributed by atoms with E-state index in [9.17, 15) is 18.0 Å². The van der Waals surface area contributed by atoms with Crippen molar-refractivity contribution in [3.63, 3.8) is 0 Å². The van der Waals surface area contributed by atoms with E-state index in [-0.39, 0.29) is 6.54 Å². The van der Waals surface area contributed by atoms with Gasteiger partial charge < -0.3 is 15.5 Å². The molecule has 0 aliphatic heterocycles. The van der Waals surface area contributed by atoms with Crippen LogP contribution >= 0.6 is 0 Å². The topological polar surface area (TPSA) is 74.5 Å². The van der Waals surface area contributed by atoms with E-state index in [1.54, 1.807) is 0 Å². The molecular formula is C15H25F3N6O. The molecule has 0 saturated carbocycles. The Morgan fingerprint density at radius 1 is 1.36 bits per heavy atom. The van der Waals surface area contributed by atoms with Crippen molar-refractivity contribution >= 4 is 11.9 Å². The van der Waals surface area contributed by atoms with Gasteiger partial charge in [-0.15, -0.1) is 0 Å². The number of hydrogen-bond acceptors (Lipinski definition) is 3. The largest absolute Gasteiger partial charge is 0.406 e. The van der Waals surface area contributed by atoms with Gasteiger partial charge in [-0.25, -0.2) is 0 Å². The number of guanidine groups is 1. The Kier molecular flexibility index (Phi) is 7.72. The van der Waals surface area contributed by atoms with Crippen molar-refractivity contribution in [2.24, 2.45) is 4.99 Å². The van der Waals surface area contributed by atoms with E-state index in [1.807, 2.05) is 24.6 Å². The second-order valence-corrected chi connectivity index (χ2v) is 5.72. The molecule has 1 aromatic rings. The Balaban J connectivity index is 2.30. The summed E-state index contributed by atoms with van der Waals surface area (Å²) in [4.78, 5) is 16.2. The first kappa shape index (κ1) is 20.8. The second kappa shape index (κ2) is 9.28. The predicted molar refractivity (Wildman–Crippen MR) is 89.4 cm³/mol. The van der Waals surface area contributed by atoms with Crippen molar-refractivity contribution in [1.29, 1.82) is 0 Å². The van der Waals surface area contributed by atoms with Crippen LogP contribution in [0.2, 0.25) is 0 Å². The Labute approximate surface area is 145 Å². The lowest BCUT2D eigenvalue weighted by atomic mass is 10.4. The van der Waals surface area contributed by atoms with E-state index in [4.69, 9.17) is 0 Å². The Bertz CT molecular complexity index is 597. The molecular weight excluding hydrogens is 337 g/mol. The molecule has 0 spiro atoms. The van der Waals surface area contributed by atoms with Crippen molar-refractivity contribution in [3.8, 4) is 0 Å². The van der Waals surface area contributed by atoms with Gasteiger partial charge in [0.2, 0.25) is 5.91 Å². The number of aryl methyl sites for hydroxylation is 3. The second-order valence-electron chi connectivity index (χ2n) is 5.72. The van der Waals surface area contributed by atoms with Crippen LogP contribution in [0.25, 0.3) is 0 Å². The first-order valence-electron chi connectivity index (χ1n) is 7.88. The van der Waals surface area contributed by atoms with Crippen LogP contribution in [0, 0.1) is 13.8 Å².